The highest BCUT2D eigenvalue weighted by molar-refractivity contribution is 6.31. The first-order valence-electron chi connectivity index (χ1n) is 14.2. The van der Waals surface area contributed by atoms with E-state index >= 15 is 0 Å². The summed E-state index contributed by atoms with van der Waals surface area (Å²) >= 11 is 6.53. The molecule has 0 amide bonds. The van der Waals surface area contributed by atoms with Crippen molar-refractivity contribution in [2.75, 3.05) is 37.7 Å². The molecule has 10 heteroatoms. The molecule has 7 rings (SSSR count). The third kappa shape index (κ3) is 4.92. The van der Waals surface area contributed by atoms with Crippen LogP contribution in [0.4, 0.5) is 10.3 Å². The van der Waals surface area contributed by atoms with Gasteiger partial charge in [-0.1, -0.05) is 24.4 Å². The van der Waals surface area contributed by atoms with Crippen molar-refractivity contribution in [1.82, 2.24) is 25.2 Å². The largest absolute Gasteiger partial charge is 0.508 e. The average Bonchev–Trinajstić information content (AvgIpc) is 3.17. The summed E-state index contributed by atoms with van der Waals surface area (Å²) in [5.41, 5.74) is 1.38. The van der Waals surface area contributed by atoms with E-state index in [0.717, 1.165) is 57.3 Å². The normalized spacial score (nSPS) is 33.1. The zero-order valence-electron chi connectivity index (χ0n) is 22.2. The monoisotopic (exact) mass is 552 g/mol. The highest BCUT2D eigenvalue weighted by atomic mass is 35.5. The second kappa shape index (κ2) is 9.76. The zero-order chi connectivity index (χ0) is 26.7. The molecule has 6 atom stereocenters. The number of hydrogen-bond acceptors (Lipinski definition) is 8. The lowest BCUT2D eigenvalue weighted by Gasteiger charge is -2.33. The first-order chi connectivity index (χ1) is 18.8. The van der Waals surface area contributed by atoms with E-state index in [1.54, 1.807) is 12.1 Å². The van der Waals surface area contributed by atoms with Crippen LogP contribution in [0.15, 0.2) is 12.1 Å². The Morgan fingerprint density at radius 1 is 1.18 bits per heavy atom. The average molecular weight is 553 g/mol. The number of benzene rings is 1. The Morgan fingerprint density at radius 2 is 1.97 bits per heavy atom. The van der Waals surface area contributed by atoms with Gasteiger partial charge in [0.1, 0.15) is 18.5 Å². The molecule has 39 heavy (non-hydrogen) atoms. The van der Waals surface area contributed by atoms with Crippen molar-refractivity contribution in [2.45, 2.75) is 75.2 Å². The Balaban J connectivity index is 1.21. The second-order valence-electron chi connectivity index (χ2n) is 12.1. The van der Waals surface area contributed by atoms with Gasteiger partial charge < -0.3 is 20.1 Å². The van der Waals surface area contributed by atoms with E-state index in [1.807, 2.05) is 0 Å². The van der Waals surface area contributed by atoms with E-state index in [4.69, 9.17) is 26.3 Å². The van der Waals surface area contributed by atoms with Crippen LogP contribution in [0.25, 0.3) is 0 Å². The minimum absolute atomic E-state index is 0.0844. The molecule has 4 aliphatic heterocycles. The Morgan fingerprint density at radius 3 is 2.74 bits per heavy atom. The molecule has 1 saturated carbocycles. The quantitative estimate of drug-likeness (QED) is 0.544. The van der Waals surface area contributed by atoms with E-state index in [9.17, 15) is 9.50 Å². The van der Waals surface area contributed by atoms with Crippen LogP contribution in [-0.2, 0) is 0 Å². The van der Waals surface area contributed by atoms with Gasteiger partial charge in [-0.2, -0.15) is 15.0 Å². The smallest absolute Gasteiger partial charge is 0.322 e. The highest BCUT2D eigenvalue weighted by Gasteiger charge is 2.49. The number of aromatic nitrogens is 3. The lowest BCUT2D eigenvalue weighted by atomic mass is 9.95. The fourth-order valence-electron chi connectivity index (χ4n) is 7.15. The molecule has 0 spiro atoms. The maximum atomic E-state index is 14.3. The number of halogens is 2. The molecule has 206 valence electrons. The number of rotatable bonds is 5. The molecule has 0 radical (unpaired) electrons. The van der Waals surface area contributed by atoms with Crippen molar-refractivity contribution < 1.29 is 14.2 Å². The standard InChI is InChI=1S/C29H34ClFN6O2/c1-17-9-23(17)26-18(10-22(38)11-24(26)30)3-6-25-33-27(36-14-20-4-5-21(15-36)32-20)35-28(34-25)39-16-29-7-2-8-37(29)13-19(31)12-29/h10-11,17,19-21,23,32,38H,2,4-5,7-9,12-16H2,1H3/t17-,19+,20-,21+,23-,29-/m0/s1. The Kier molecular flexibility index (Phi) is 6.33. The van der Waals surface area contributed by atoms with Crippen LogP contribution in [0, 0.1) is 17.8 Å². The summed E-state index contributed by atoms with van der Waals surface area (Å²) in [6, 6.07) is 4.30. The fraction of sp³-hybridized carbons (Fsp3) is 0.621. The third-order valence-electron chi connectivity index (χ3n) is 9.24. The van der Waals surface area contributed by atoms with Crippen LogP contribution in [0.5, 0.6) is 11.8 Å². The van der Waals surface area contributed by atoms with E-state index in [2.05, 4.69) is 38.9 Å². The fourth-order valence-corrected chi connectivity index (χ4v) is 7.50. The maximum absolute atomic E-state index is 14.3. The summed E-state index contributed by atoms with van der Waals surface area (Å²) in [5, 5.41) is 14.4. The summed E-state index contributed by atoms with van der Waals surface area (Å²) in [6.07, 6.45) is 4.97. The molecule has 8 nitrogen and oxygen atoms in total. The van der Waals surface area contributed by atoms with Crippen molar-refractivity contribution in [2.24, 2.45) is 5.92 Å². The van der Waals surface area contributed by atoms with Gasteiger partial charge in [0.2, 0.25) is 11.8 Å². The molecular weight excluding hydrogens is 519 g/mol. The Bertz CT molecular complexity index is 1340. The molecule has 5 fully saturated rings. The molecule has 1 aromatic heterocycles. The lowest BCUT2D eigenvalue weighted by molar-refractivity contribution is 0.107. The van der Waals surface area contributed by atoms with Gasteiger partial charge in [0.25, 0.3) is 0 Å². The van der Waals surface area contributed by atoms with Crippen LogP contribution < -0.4 is 15.0 Å². The summed E-state index contributed by atoms with van der Waals surface area (Å²) in [4.78, 5) is 18.4. The molecule has 2 aromatic rings. The summed E-state index contributed by atoms with van der Waals surface area (Å²) in [6.45, 7) is 5.55. The number of ether oxygens (including phenoxy) is 1. The van der Waals surface area contributed by atoms with Crippen molar-refractivity contribution >= 4 is 17.5 Å². The minimum Gasteiger partial charge on any atom is -0.508 e. The zero-order valence-corrected chi connectivity index (χ0v) is 22.9. The topological polar surface area (TPSA) is 86.6 Å². The predicted octanol–water partition coefficient (Wildman–Crippen LogP) is 3.65. The highest BCUT2D eigenvalue weighted by Crippen LogP contribution is 2.51. The number of alkyl halides is 1. The van der Waals surface area contributed by atoms with Gasteiger partial charge in [-0.15, -0.1) is 0 Å². The number of fused-ring (bicyclic) bond motifs is 3. The van der Waals surface area contributed by atoms with E-state index in [1.165, 1.54) is 0 Å². The first kappa shape index (κ1) is 25.3. The maximum Gasteiger partial charge on any atom is 0.322 e. The number of hydrogen-bond donors (Lipinski definition) is 2. The van der Waals surface area contributed by atoms with Crippen molar-refractivity contribution in [3.63, 3.8) is 0 Å². The second-order valence-corrected chi connectivity index (χ2v) is 12.5. The van der Waals surface area contributed by atoms with Crippen LogP contribution in [0.2, 0.25) is 5.02 Å². The number of anilines is 1. The molecular formula is C29H34ClFN6O2. The van der Waals surface area contributed by atoms with Crippen molar-refractivity contribution in [3.05, 3.63) is 34.1 Å². The lowest BCUT2D eigenvalue weighted by Crippen LogP contribution is -2.51. The van der Waals surface area contributed by atoms with Gasteiger partial charge in [-0.05, 0) is 74.1 Å². The number of nitrogens with one attached hydrogen (secondary N) is 1. The third-order valence-corrected chi connectivity index (χ3v) is 9.55. The molecule has 1 aliphatic carbocycles. The summed E-state index contributed by atoms with van der Waals surface area (Å²) < 4.78 is 20.5. The van der Waals surface area contributed by atoms with Gasteiger partial charge in [-0.25, -0.2) is 4.39 Å². The van der Waals surface area contributed by atoms with Crippen molar-refractivity contribution in [3.8, 4) is 23.6 Å². The van der Waals surface area contributed by atoms with Crippen LogP contribution in [0.1, 0.15) is 68.3 Å². The number of phenolic OH excluding ortho intramolecular Hbond substituents is 1. The predicted molar refractivity (Wildman–Crippen MR) is 146 cm³/mol. The first-order valence-corrected chi connectivity index (χ1v) is 14.6. The molecule has 0 unspecified atom stereocenters. The Hall–Kier alpha value is -2.67. The number of phenols is 1. The Labute approximate surface area is 233 Å². The van der Waals surface area contributed by atoms with Gasteiger partial charge in [-0.3, -0.25) is 4.90 Å². The van der Waals surface area contributed by atoms with Gasteiger partial charge in [0, 0.05) is 48.7 Å². The number of piperazine rings is 1. The van der Waals surface area contributed by atoms with Crippen LogP contribution >= 0.6 is 11.6 Å². The van der Waals surface area contributed by atoms with Crippen LogP contribution in [0.3, 0.4) is 0 Å². The summed E-state index contributed by atoms with van der Waals surface area (Å²) in [7, 11) is 0. The summed E-state index contributed by atoms with van der Waals surface area (Å²) in [5.74, 6) is 8.13. The van der Waals surface area contributed by atoms with Gasteiger partial charge in [0.05, 0.1) is 5.54 Å². The minimum atomic E-state index is -0.821. The van der Waals surface area contributed by atoms with Gasteiger partial charge >= 0.3 is 6.01 Å². The van der Waals surface area contributed by atoms with Crippen LogP contribution in [-0.4, -0.2) is 81.5 Å². The number of nitrogens with zero attached hydrogens (tertiary/aromatic N) is 5. The molecule has 5 aliphatic rings. The van der Waals surface area contributed by atoms with Crippen molar-refractivity contribution in [1.29, 1.82) is 0 Å². The van der Waals surface area contributed by atoms with E-state index in [-0.39, 0.29) is 17.3 Å². The van der Waals surface area contributed by atoms with Gasteiger partial charge in [0.15, 0.2) is 0 Å². The molecule has 2 N–H and O–H groups in total. The number of aromatic hydroxyl groups is 1. The molecule has 1 aromatic carbocycles. The molecule has 5 heterocycles. The van der Waals surface area contributed by atoms with E-state index in [0.29, 0.717) is 65.9 Å². The van der Waals surface area contributed by atoms with E-state index < -0.39 is 6.17 Å². The molecule has 4 saturated heterocycles. The SMILES string of the molecule is C[C@H]1C[C@@H]1c1c(Cl)cc(O)cc1C#Cc1nc(OC[C@@]23CCCN2C[C@H](F)C3)nc(N2C[C@H]3CC[C@@H](C2)N3)n1. The molecule has 2 bridgehead atoms.